The first-order chi connectivity index (χ1) is 16.4. The second-order valence-corrected chi connectivity index (χ2v) is 8.16. The molecule has 4 aromatic rings. The Morgan fingerprint density at radius 2 is 1.97 bits per heavy atom. The Morgan fingerprint density at radius 1 is 1.18 bits per heavy atom. The summed E-state index contributed by atoms with van der Waals surface area (Å²) in [5.74, 6) is -0.654. The van der Waals surface area contributed by atoms with Crippen LogP contribution in [-0.4, -0.2) is 44.7 Å². The number of nitrogens with one attached hydrogen (secondary N) is 2. The van der Waals surface area contributed by atoms with Gasteiger partial charge in [0.2, 0.25) is 0 Å². The van der Waals surface area contributed by atoms with E-state index in [2.05, 4.69) is 25.8 Å². The van der Waals surface area contributed by atoms with Gasteiger partial charge in [0.1, 0.15) is 11.6 Å². The van der Waals surface area contributed by atoms with Crippen molar-refractivity contribution in [2.45, 2.75) is 31.7 Å². The van der Waals surface area contributed by atoms with E-state index < -0.39 is 17.8 Å². The second kappa shape index (κ2) is 8.58. The summed E-state index contributed by atoms with van der Waals surface area (Å²) < 4.78 is 21.8. The van der Waals surface area contributed by atoms with Crippen LogP contribution in [0.4, 0.5) is 14.9 Å². The summed E-state index contributed by atoms with van der Waals surface area (Å²) in [5.41, 5.74) is 7.58. The summed E-state index contributed by atoms with van der Waals surface area (Å²) >= 11 is 0. The van der Waals surface area contributed by atoms with Gasteiger partial charge in [0.05, 0.1) is 35.6 Å². The normalized spacial score (nSPS) is 13.9. The molecule has 174 valence electrons. The molecule has 0 aliphatic heterocycles. The summed E-state index contributed by atoms with van der Waals surface area (Å²) in [4.78, 5) is 28.5. The van der Waals surface area contributed by atoms with Crippen LogP contribution < -0.4 is 21.1 Å². The molecule has 0 bridgehead atoms. The van der Waals surface area contributed by atoms with Crippen molar-refractivity contribution >= 4 is 34.3 Å². The lowest BCUT2D eigenvalue weighted by Crippen LogP contribution is -2.36. The van der Waals surface area contributed by atoms with Crippen LogP contribution >= 0.6 is 0 Å². The van der Waals surface area contributed by atoms with E-state index in [1.807, 2.05) is 0 Å². The molecule has 0 saturated heterocycles. The molecule has 1 aliphatic rings. The number of fused-ring (bicyclic) bond motifs is 3. The number of halogens is 1. The van der Waals surface area contributed by atoms with Gasteiger partial charge in [-0.2, -0.15) is 0 Å². The number of hydrogen-bond acceptors (Lipinski definition) is 6. The van der Waals surface area contributed by atoms with E-state index in [0.717, 1.165) is 25.7 Å². The van der Waals surface area contributed by atoms with Gasteiger partial charge in [-0.05, 0) is 37.1 Å². The predicted octanol–water partition coefficient (Wildman–Crippen LogP) is 3.26. The zero-order valence-electron chi connectivity index (χ0n) is 18.3. The maximum absolute atomic E-state index is 14.9. The van der Waals surface area contributed by atoms with Crippen LogP contribution in [0.25, 0.3) is 28.1 Å². The van der Waals surface area contributed by atoms with Crippen molar-refractivity contribution in [3.8, 4) is 17.1 Å². The van der Waals surface area contributed by atoms with Gasteiger partial charge < -0.3 is 21.1 Å². The molecule has 0 radical (unpaired) electrons. The fourth-order valence-electron chi connectivity index (χ4n) is 4.30. The lowest BCUT2D eigenvalue weighted by molar-refractivity contribution is 0.0997. The van der Waals surface area contributed by atoms with Crippen LogP contribution in [0.5, 0.6) is 5.75 Å². The first-order valence-electron chi connectivity index (χ1n) is 10.8. The molecule has 34 heavy (non-hydrogen) atoms. The second-order valence-electron chi connectivity index (χ2n) is 8.16. The van der Waals surface area contributed by atoms with E-state index in [0.29, 0.717) is 33.8 Å². The van der Waals surface area contributed by atoms with E-state index in [9.17, 15) is 14.0 Å². The molecule has 2 heterocycles. The number of methoxy groups -OCH3 is 1. The molecule has 10 nitrogen and oxygen atoms in total. The van der Waals surface area contributed by atoms with Gasteiger partial charge in [-0.3, -0.25) is 14.2 Å². The van der Waals surface area contributed by atoms with E-state index >= 15 is 0 Å². The molecule has 11 heteroatoms. The Morgan fingerprint density at radius 3 is 2.68 bits per heavy atom. The van der Waals surface area contributed by atoms with Crippen molar-refractivity contribution in [2.75, 3.05) is 12.4 Å². The predicted molar refractivity (Wildman–Crippen MR) is 123 cm³/mol. The maximum atomic E-state index is 14.9. The highest BCUT2D eigenvalue weighted by atomic mass is 19.1. The molecule has 5 rings (SSSR count). The smallest absolute Gasteiger partial charge is 0.319 e. The van der Waals surface area contributed by atoms with Crippen molar-refractivity contribution in [1.29, 1.82) is 0 Å². The molecular formula is C23H22FN7O3. The summed E-state index contributed by atoms with van der Waals surface area (Å²) in [6.07, 6.45) is 5.54. The molecule has 0 unspecified atom stereocenters. The number of amides is 3. The Kier molecular flexibility index (Phi) is 5.44. The maximum Gasteiger partial charge on any atom is 0.319 e. The number of aromatic nitrogens is 4. The molecule has 0 atom stereocenters. The molecular weight excluding hydrogens is 441 g/mol. The molecule has 4 N–H and O–H groups in total. The van der Waals surface area contributed by atoms with Crippen LogP contribution in [0.15, 0.2) is 36.5 Å². The summed E-state index contributed by atoms with van der Waals surface area (Å²) in [7, 11) is 1.43. The SMILES string of the molecule is COc1cc2ncc3nnc(-c4ccc(NC(=O)NC5CCCC5)c(F)c4)n3c2cc1C(N)=O. The first kappa shape index (κ1) is 21.6. The molecule has 1 fully saturated rings. The molecule has 0 spiro atoms. The number of urea groups is 1. The van der Waals surface area contributed by atoms with Crippen LogP contribution in [0.3, 0.4) is 0 Å². The van der Waals surface area contributed by atoms with Crippen LogP contribution in [0.2, 0.25) is 0 Å². The van der Waals surface area contributed by atoms with Crippen molar-refractivity contribution in [1.82, 2.24) is 24.9 Å². The Balaban J connectivity index is 1.52. The molecule has 1 saturated carbocycles. The Hall–Kier alpha value is -4.28. The van der Waals surface area contributed by atoms with E-state index in [4.69, 9.17) is 10.5 Å². The number of ether oxygens (including phenoxy) is 1. The number of nitrogens with two attached hydrogens (primary N) is 1. The van der Waals surface area contributed by atoms with E-state index in [1.54, 1.807) is 22.6 Å². The minimum absolute atomic E-state index is 0.0559. The van der Waals surface area contributed by atoms with Crippen LogP contribution in [0, 0.1) is 5.82 Å². The number of primary amides is 1. The highest BCUT2D eigenvalue weighted by Gasteiger charge is 2.20. The molecule has 3 amide bonds. The monoisotopic (exact) mass is 463 g/mol. The summed E-state index contributed by atoms with van der Waals surface area (Å²) in [5, 5.41) is 13.7. The largest absolute Gasteiger partial charge is 0.496 e. The number of hydrogen-bond donors (Lipinski definition) is 3. The Labute approximate surface area is 193 Å². The third-order valence-electron chi connectivity index (χ3n) is 5.98. The van der Waals surface area contributed by atoms with Crippen molar-refractivity contribution in [3.05, 3.63) is 47.9 Å². The molecule has 2 aromatic carbocycles. The van der Waals surface area contributed by atoms with Gasteiger partial charge in [-0.15, -0.1) is 10.2 Å². The zero-order chi connectivity index (χ0) is 23.8. The van der Waals surface area contributed by atoms with Crippen molar-refractivity contribution < 1.29 is 18.7 Å². The number of carbonyl (C=O) groups excluding carboxylic acids is 2. The molecule has 1 aliphatic carbocycles. The van der Waals surface area contributed by atoms with Gasteiger partial charge in [0.25, 0.3) is 5.91 Å². The fraction of sp³-hybridized carbons (Fsp3) is 0.261. The Bertz CT molecular complexity index is 1430. The average Bonchev–Trinajstić information content (AvgIpc) is 3.49. The zero-order valence-corrected chi connectivity index (χ0v) is 18.3. The standard InChI is InChI=1S/C23H22FN7O3/c1-34-19-10-17-18(9-14(19)21(25)32)31-20(11-26-17)29-30-22(31)12-6-7-16(15(24)8-12)28-23(33)27-13-4-2-3-5-13/h6-11,13H,2-5H2,1H3,(H2,25,32)(H2,27,28,33). The minimum Gasteiger partial charge on any atom is -0.496 e. The minimum atomic E-state index is -0.664. The first-order valence-corrected chi connectivity index (χ1v) is 10.8. The lowest BCUT2D eigenvalue weighted by atomic mass is 10.1. The highest BCUT2D eigenvalue weighted by Crippen LogP contribution is 2.29. The van der Waals surface area contributed by atoms with Gasteiger partial charge >= 0.3 is 6.03 Å². The van der Waals surface area contributed by atoms with Gasteiger partial charge in [-0.25, -0.2) is 9.18 Å². The van der Waals surface area contributed by atoms with Gasteiger partial charge in [0, 0.05) is 17.7 Å². The van der Waals surface area contributed by atoms with Gasteiger partial charge in [0.15, 0.2) is 11.5 Å². The quantitative estimate of drug-likeness (QED) is 0.416. The van der Waals surface area contributed by atoms with Gasteiger partial charge in [-0.1, -0.05) is 12.8 Å². The number of rotatable bonds is 5. The number of carbonyl (C=O) groups is 2. The van der Waals surface area contributed by atoms with Crippen LogP contribution in [0.1, 0.15) is 36.0 Å². The lowest BCUT2D eigenvalue weighted by Gasteiger charge is -2.14. The number of nitrogens with zero attached hydrogens (tertiary/aromatic N) is 4. The van der Waals surface area contributed by atoms with Crippen molar-refractivity contribution in [3.63, 3.8) is 0 Å². The topological polar surface area (TPSA) is 137 Å². The highest BCUT2D eigenvalue weighted by molar-refractivity contribution is 6.00. The summed E-state index contributed by atoms with van der Waals surface area (Å²) in [6, 6.07) is 7.20. The number of benzene rings is 2. The number of anilines is 1. The summed E-state index contributed by atoms with van der Waals surface area (Å²) in [6.45, 7) is 0. The van der Waals surface area contributed by atoms with Crippen molar-refractivity contribution in [2.24, 2.45) is 5.73 Å². The third kappa shape index (κ3) is 3.85. The van der Waals surface area contributed by atoms with E-state index in [-0.39, 0.29) is 17.3 Å². The molecule has 2 aromatic heterocycles. The fourth-order valence-corrected chi connectivity index (χ4v) is 4.30. The van der Waals surface area contributed by atoms with Crippen LogP contribution in [-0.2, 0) is 0 Å². The van der Waals surface area contributed by atoms with E-state index in [1.165, 1.54) is 25.4 Å². The third-order valence-corrected chi connectivity index (χ3v) is 5.98. The average molecular weight is 463 g/mol.